The second-order valence-corrected chi connectivity index (χ2v) is 7.06. The van der Waals surface area contributed by atoms with Crippen LogP contribution >= 0.6 is 15.9 Å². The van der Waals surface area contributed by atoms with Crippen LogP contribution in [0.3, 0.4) is 0 Å². The van der Waals surface area contributed by atoms with Crippen LogP contribution in [0.4, 0.5) is 0 Å². The van der Waals surface area contributed by atoms with Gasteiger partial charge in [0.15, 0.2) is 0 Å². The van der Waals surface area contributed by atoms with Gasteiger partial charge in [-0.3, -0.25) is 0 Å². The summed E-state index contributed by atoms with van der Waals surface area (Å²) in [5.41, 5.74) is 7.53. The number of esters is 1. The van der Waals surface area contributed by atoms with E-state index < -0.39 is 0 Å². The molecule has 126 valence electrons. The fraction of sp³-hybridized carbons (Fsp3) is 0.190. The van der Waals surface area contributed by atoms with Gasteiger partial charge in [-0.05, 0) is 65.2 Å². The van der Waals surface area contributed by atoms with Crippen molar-refractivity contribution in [3.8, 4) is 16.8 Å². The van der Waals surface area contributed by atoms with Crippen molar-refractivity contribution in [1.82, 2.24) is 4.57 Å². The van der Waals surface area contributed by atoms with Crippen LogP contribution in [0.5, 0.6) is 0 Å². The second-order valence-electron chi connectivity index (χ2n) is 6.21. The molecule has 4 rings (SSSR count). The fourth-order valence-corrected chi connectivity index (χ4v) is 4.18. The first-order chi connectivity index (χ1) is 12.1. The molecule has 0 N–H and O–H groups in total. The van der Waals surface area contributed by atoms with Crippen molar-refractivity contribution in [3.05, 3.63) is 75.5 Å². The molecule has 0 bridgehead atoms. The Morgan fingerprint density at radius 2 is 1.96 bits per heavy atom. The number of fused-ring (bicyclic) bond motifs is 5. The monoisotopic (exact) mass is 395 g/mol. The molecule has 0 saturated heterocycles. The number of rotatable bonds is 2. The maximum absolute atomic E-state index is 12.3. The van der Waals surface area contributed by atoms with Crippen LogP contribution in [-0.4, -0.2) is 17.1 Å². The number of aromatic nitrogens is 1. The molecule has 3 aromatic rings. The average molecular weight is 396 g/mol. The van der Waals surface area contributed by atoms with Gasteiger partial charge in [0, 0.05) is 27.8 Å². The fourth-order valence-electron chi connectivity index (χ4n) is 3.55. The van der Waals surface area contributed by atoms with E-state index in [9.17, 15) is 4.79 Å². The summed E-state index contributed by atoms with van der Waals surface area (Å²) in [6.45, 7) is 4.29. The molecule has 1 aliphatic heterocycles. The lowest BCUT2D eigenvalue weighted by atomic mass is 9.95. The maximum Gasteiger partial charge on any atom is 0.338 e. The molecular formula is C21H18BrNO2. The van der Waals surface area contributed by atoms with E-state index in [2.05, 4.69) is 57.8 Å². The number of hydrogen-bond donors (Lipinski definition) is 0. The zero-order valence-electron chi connectivity index (χ0n) is 14.2. The summed E-state index contributed by atoms with van der Waals surface area (Å²) in [5, 5.41) is 0. The summed E-state index contributed by atoms with van der Waals surface area (Å²) >= 11 is 3.70. The first-order valence-electron chi connectivity index (χ1n) is 8.36. The van der Waals surface area contributed by atoms with Crippen LogP contribution in [0.2, 0.25) is 0 Å². The molecule has 0 spiro atoms. The third kappa shape index (κ3) is 2.61. The van der Waals surface area contributed by atoms with Gasteiger partial charge in [0.05, 0.1) is 17.9 Å². The molecule has 0 fully saturated rings. The van der Waals surface area contributed by atoms with Crippen molar-refractivity contribution in [2.75, 3.05) is 6.61 Å². The highest BCUT2D eigenvalue weighted by Crippen LogP contribution is 2.41. The quantitative estimate of drug-likeness (QED) is 0.431. The molecule has 1 aromatic heterocycles. The Morgan fingerprint density at radius 1 is 1.16 bits per heavy atom. The van der Waals surface area contributed by atoms with Crippen LogP contribution in [0.25, 0.3) is 16.8 Å². The first kappa shape index (κ1) is 16.2. The predicted molar refractivity (Wildman–Crippen MR) is 102 cm³/mol. The summed E-state index contributed by atoms with van der Waals surface area (Å²) in [7, 11) is 0. The number of hydrogen-bond acceptors (Lipinski definition) is 2. The minimum Gasteiger partial charge on any atom is -0.462 e. The third-order valence-corrected chi connectivity index (χ3v) is 5.24. The van der Waals surface area contributed by atoms with E-state index in [1.165, 1.54) is 17.0 Å². The molecule has 0 aliphatic carbocycles. The van der Waals surface area contributed by atoms with E-state index in [0.29, 0.717) is 12.2 Å². The molecule has 1 aliphatic rings. The molecule has 0 radical (unpaired) electrons. The third-order valence-electron chi connectivity index (χ3n) is 4.63. The van der Waals surface area contributed by atoms with Gasteiger partial charge in [-0.2, -0.15) is 0 Å². The van der Waals surface area contributed by atoms with Gasteiger partial charge in [0.1, 0.15) is 0 Å². The number of aryl methyl sites for hydroxylation is 1. The summed E-state index contributed by atoms with van der Waals surface area (Å²) in [5.74, 6) is -0.294. The van der Waals surface area contributed by atoms with Crippen LogP contribution < -0.4 is 0 Å². The zero-order chi connectivity index (χ0) is 17.6. The van der Waals surface area contributed by atoms with Crippen molar-refractivity contribution in [1.29, 1.82) is 0 Å². The summed E-state index contributed by atoms with van der Waals surface area (Å²) < 4.78 is 8.37. The highest BCUT2D eigenvalue weighted by molar-refractivity contribution is 9.10. The van der Waals surface area contributed by atoms with Crippen molar-refractivity contribution in [2.24, 2.45) is 0 Å². The summed E-state index contributed by atoms with van der Waals surface area (Å²) in [4.78, 5) is 12.3. The van der Waals surface area contributed by atoms with Gasteiger partial charge in [0.2, 0.25) is 0 Å². The second kappa shape index (κ2) is 6.19. The lowest BCUT2D eigenvalue weighted by molar-refractivity contribution is 0.0526. The largest absolute Gasteiger partial charge is 0.462 e. The van der Waals surface area contributed by atoms with E-state index in [1.807, 2.05) is 25.1 Å². The molecule has 3 nitrogen and oxygen atoms in total. The molecular weight excluding hydrogens is 378 g/mol. The number of ether oxygens (including phenoxy) is 1. The minimum atomic E-state index is -0.294. The minimum absolute atomic E-state index is 0.294. The van der Waals surface area contributed by atoms with Gasteiger partial charge in [-0.1, -0.05) is 24.3 Å². The van der Waals surface area contributed by atoms with Crippen molar-refractivity contribution < 1.29 is 9.53 Å². The highest BCUT2D eigenvalue weighted by Gasteiger charge is 2.24. The van der Waals surface area contributed by atoms with Crippen LogP contribution in [0.1, 0.15) is 34.2 Å². The highest BCUT2D eigenvalue weighted by atomic mass is 79.9. The summed E-state index contributed by atoms with van der Waals surface area (Å²) in [6.07, 6.45) is 0.861. The van der Waals surface area contributed by atoms with E-state index in [0.717, 1.165) is 27.7 Å². The molecule has 0 unspecified atom stereocenters. The van der Waals surface area contributed by atoms with E-state index in [4.69, 9.17) is 4.74 Å². The van der Waals surface area contributed by atoms with Crippen LogP contribution in [0.15, 0.2) is 53.0 Å². The van der Waals surface area contributed by atoms with Crippen LogP contribution in [-0.2, 0) is 11.2 Å². The molecule has 2 heterocycles. The maximum atomic E-state index is 12.3. The first-order valence-corrected chi connectivity index (χ1v) is 9.16. The molecule has 0 saturated carbocycles. The van der Waals surface area contributed by atoms with E-state index >= 15 is 0 Å². The zero-order valence-corrected chi connectivity index (χ0v) is 15.8. The van der Waals surface area contributed by atoms with E-state index in [1.54, 1.807) is 0 Å². The molecule has 25 heavy (non-hydrogen) atoms. The van der Waals surface area contributed by atoms with Gasteiger partial charge >= 0.3 is 5.97 Å². The average Bonchev–Trinajstić information content (AvgIpc) is 2.87. The molecule has 0 atom stereocenters. The predicted octanol–water partition coefficient (Wildman–Crippen LogP) is 5.30. The SMILES string of the molecule is CCOC(=O)c1cc(Br)c2c(c1)-c1ccccc1Cc1ccc(C)n1-2. The van der Waals surface area contributed by atoms with Crippen molar-refractivity contribution >= 4 is 21.9 Å². The normalized spacial score (nSPS) is 12.0. The van der Waals surface area contributed by atoms with Gasteiger partial charge < -0.3 is 9.30 Å². The molecule has 4 heteroatoms. The Morgan fingerprint density at radius 3 is 2.76 bits per heavy atom. The van der Waals surface area contributed by atoms with Gasteiger partial charge in [-0.25, -0.2) is 4.79 Å². The standard InChI is InChI=1S/C21H18BrNO2/c1-3-25-21(24)15-11-18-17-7-5-4-6-14(17)10-16-9-8-13(2)23(16)20(18)19(22)12-15/h4-9,11-12H,3,10H2,1-2H3. The molecule has 0 amide bonds. The Kier molecular flexibility index (Phi) is 4.00. The number of carbonyl (C=O) groups is 1. The Balaban J connectivity index is 2.05. The van der Waals surface area contributed by atoms with Gasteiger partial charge in [-0.15, -0.1) is 0 Å². The Labute approximate surface area is 155 Å². The Bertz CT molecular complexity index is 988. The van der Waals surface area contributed by atoms with Gasteiger partial charge in [0.25, 0.3) is 0 Å². The summed E-state index contributed by atoms with van der Waals surface area (Å²) in [6, 6.07) is 16.5. The van der Waals surface area contributed by atoms with E-state index in [-0.39, 0.29) is 5.97 Å². The van der Waals surface area contributed by atoms with Crippen LogP contribution in [0, 0.1) is 6.92 Å². The number of carbonyl (C=O) groups excluding carboxylic acids is 1. The molecule has 2 aromatic carbocycles. The topological polar surface area (TPSA) is 31.2 Å². The number of nitrogens with zero attached hydrogens (tertiary/aromatic N) is 1. The Hall–Kier alpha value is -2.33. The van der Waals surface area contributed by atoms with Crippen molar-refractivity contribution in [3.63, 3.8) is 0 Å². The lowest BCUT2D eigenvalue weighted by Crippen LogP contribution is -2.08. The number of halogens is 1. The number of benzene rings is 2. The smallest absolute Gasteiger partial charge is 0.338 e. The lowest BCUT2D eigenvalue weighted by Gasteiger charge is -2.17. The van der Waals surface area contributed by atoms with Crippen molar-refractivity contribution in [2.45, 2.75) is 20.3 Å².